The smallest absolute Gasteiger partial charge is 0.255 e. The van der Waals surface area contributed by atoms with E-state index in [0.717, 1.165) is 5.56 Å². The van der Waals surface area contributed by atoms with Crippen LogP contribution in [0.5, 0.6) is 0 Å². The van der Waals surface area contributed by atoms with Gasteiger partial charge in [-0.3, -0.25) is 4.79 Å². The number of hydrogen-bond acceptors (Lipinski definition) is 2. The van der Waals surface area contributed by atoms with Crippen LogP contribution in [0.25, 0.3) is 0 Å². The standard InChI is InChI=1S/C17H14ClNO2/c1-12-4-5-13(3-2-10-20)11-16(12)17(21)19-15-8-6-14(18)7-9-15/h4-9,11,20H,10H2,1H3,(H,19,21). The first-order chi connectivity index (χ1) is 10.1. The molecule has 0 saturated heterocycles. The van der Waals surface area contributed by atoms with E-state index >= 15 is 0 Å². The third-order valence-corrected chi connectivity index (χ3v) is 3.15. The second-order valence-electron chi connectivity index (χ2n) is 4.45. The fourth-order valence-corrected chi connectivity index (χ4v) is 1.94. The Kier molecular flexibility index (Phi) is 4.99. The molecule has 21 heavy (non-hydrogen) atoms. The van der Waals surface area contributed by atoms with Crippen LogP contribution >= 0.6 is 11.6 Å². The summed E-state index contributed by atoms with van der Waals surface area (Å²) in [6.07, 6.45) is 0. The van der Waals surface area contributed by atoms with Crippen LogP contribution in [-0.4, -0.2) is 17.6 Å². The lowest BCUT2D eigenvalue weighted by atomic mass is 10.0. The van der Waals surface area contributed by atoms with Gasteiger partial charge in [0.2, 0.25) is 0 Å². The van der Waals surface area contributed by atoms with Crippen LogP contribution < -0.4 is 5.32 Å². The van der Waals surface area contributed by atoms with Crippen LogP contribution in [-0.2, 0) is 0 Å². The molecule has 3 nitrogen and oxygen atoms in total. The third kappa shape index (κ3) is 4.09. The van der Waals surface area contributed by atoms with Crippen molar-refractivity contribution in [2.24, 2.45) is 0 Å². The van der Waals surface area contributed by atoms with Crippen molar-refractivity contribution in [2.45, 2.75) is 6.92 Å². The summed E-state index contributed by atoms with van der Waals surface area (Å²) in [5.41, 5.74) is 2.78. The van der Waals surface area contributed by atoms with Gasteiger partial charge in [-0.15, -0.1) is 0 Å². The molecule has 106 valence electrons. The molecule has 0 aliphatic carbocycles. The summed E-state index contributed by atoms with van der Waals surface area (Å²) in [5, 5.41) is 12.1. The van der Waals surface area contributed by atoms with Gasteiger partial charge in [-0.2, -0.15) is 0 Å². The Morgan fingerprint density at radius 1 is 1.24 bits per heavy atom. The Balaban J connectivity index is 2.23. The Labute approximate surface area is 128 Å². The molecule has 0 aliphatic rings. The van der Waals surface area contributed by atoms with Gasteiger partial charge in [0.25, 0.3) is 5.91 Å². The minimum Gasteiger partial charge on any atom is -0.384 e. The van der Waals surface area contributed by atoms with Crippen LogP contribution in [0.1, 0.15) is 21.5 Å². The molecule has 1 amide bonds. The molecule has 0 heterocycles. The number of aliphatic hydroxyl groups excluding tert-OH is 1. The minimum atomic E-state index is -0.208. The Hall–Kier alpha value is -2.28. The number of aliphatic hydroxyl groups is 1. The van der Waals surface area contributed by atoms with E-state index in [0.29, 0.717) is 21.8 Å². The van der Waals surface area contributed by atoms with E-state index in [9.17, 15) is 4.79 Å². The first kappa shape index (κ1) is 15.1. The number of anilines is 1. The Morgan fingerprint density at radius 2 is 1.95 bits per heavy atom. The molecule has 0 bridgehead atoms. The van der Waals surface area contributed by atoms with E-state index in [1.807, 2.05) is 19.1 Å². The van der Waals surface area contributed by atoms with E-state index in [1.54, 1.807) is 30.3 Å². The number of aryl methyl sites for hydroxylation is 1. The van der Waals surface area contributed by atoms with Crippen LogP contribution in [0, 0.1) is 18.8 Å². The molecule has 0 radical (unpaired) electrons. The summed E-state index contributed by atoms with van der Waals surface area (Å²) in [7, 11) is 0. The van der Waals surface area contributed by atoms with Crippen molar-refractivity contribution in [3.05, 3.63) is 64.2 Å². The van der Waals surface area contributed by atoms with Crippen LogP contribution in [0.2, 0.25) is 5.02 Å². The van der Waals surface area contributed by atoms with Crippen molar-refractivity contribution in [1.29, 1.82) is 0 Å². The molecule has 0 spiro atoms. The van der Waals surface area contributed by atoms with Crippen molar-refractivity contribution < 1.29 is 9.90 Å². The highest BCUT2D eigenvalue weighted by Crippen LogP contribution is 2.16. The molecule has 2 rings (SSSR count). The maximum Gasteiger partial charge on any atom is 0.255 e. The van der Waals surface area contributed by atoms with Crippen LogP contribution in [0.15, 0.2) is 42.5 Å². The van der Waals surface area contributed by atoms with Crippen LogP contribution in [0.4, 0.5) is 5.69 Å². The van der Waals surface area contributed by atoms with E-state index in [-0.39, 0.29) is 12.5 Å². The molecule has 0 saturated carbocycles. The normalized spacial score (nSPS) is 9.67. The van der Waals surface area contributed by atoms with Gasteiger partial charge in [0, 0.05) is 21.8 Å². The molecular formula is C17H14ClNO2. The Morgan fingerprint density at radius 3 is 2.62 bits per heavy atom. The molecule has 0 unspecified atom stereocenters. The first-order valence-corrected chi connectivity index (χ1v) is 6.75. The highest BCUT2D eigenvalue weighted by molar-refractivity contribution is 6.30. The fourth-order valence-electron chi connectivity index (χ4n) is 1.82. The maximum atomic E-state index is 12.3. The summed E-state index contributed by atoms with van der Waals surface area (Å²) in [5.74, 6) is 5.15. The number of carbonyl (C=O) groups excluding carboxylic acids is 1. The van der Waals surface area contributed by atoms with Gasteiger partial charge in [0.1, 0.15) is 6.61 Å². The zero-order chi connectivity index (χ0) is 15.2. The molecule has 2 aromatic carbocycles. The van der Waals surface area contributed by atoms with Crippen molar-refractivity contribution in [3.8, 4) is 11.8 Å². The monoisotopic (exact) mass is 299 g/mol. The van der Waals surface area contributed by atoms with Gasteiger partial charge >= 0.3 is 0 Å². The fraction of sp³-hybridized carbons (Fsp3) is 0.118. The quantitative estimate of drug-likeness (QED) is 0.836. The number of hydrogen-bond donors (Lipinski definition) is 2. The summed E-state index contributed by atoms with van der Waals surface area (Å²) >= 11 is 5.81. The predicted octanol–water partition coefficient (Wildman–Crippen LogP) is 3.24. The van der Waals surface area contributed by atoms with Crippen molar-refractivity contribution in [1.82, 2.24) is 0 Å². The van der Waals surface area contributed by atoms with Crippen LogP contribution in [0.3, 0.4) is 0 Å². The minimum absolute atomic E-state index is 0.206. The molecule has 0 atom stereocenters. The Bertz CT molecular complexity index is 712. The topological polar surface area (TPSA) is 49.3 Å². The molecular weight excluding hydrogens is 286 g/mol. The highest BCUT2D eigenvalue weighted by Gasteiger charge is 2.10. The van der Waals surface area contributed by atoms with Crippen molar-refractivity contribution in [2.75, 3.05) is 11.9 Å². The molecule has 4 heteroatoms. The van der Waals surface area contributed by atoms with Gasteiger partial charge < -0.3 is 10.4 Å². The van der Waals surface area contributed by atoms with Crippen molar-refractivity contribution >= 4 is 23.2 Å². The first-order valence-electron chi connectivity index (χ1n) is 6.37. The second-order valence-corrected chi connectivity index (χ2v) is 4.89. The average molecular weight is 300 g/mol. The van der Waals surface area contributed by atoms with E-state index in [1.165, 1.54) is 0 Å². The zero-order valence-corrected chi connectivity index (χ0v) is 12.2. The third-order valence-electron chi connectivity index (χ3n) is 2.90. The number of rotatable bonds is 2. The second kappa shape index (κ2) is 6.94. The van der Waals surface area contributed by atoms with Gasteiger partial charge in [0.05, 0.1) is 0 Å². The van der Waals surface area contributed by atoms with Gasteiger partial charge in [-0.25, -0.2) is 0 Å². The molecule has 0 aromatic heterocycles. The largest absolute Gasteiger partial charge is 0.384 e. The van der Waals surface area contributed by atoms with Crippen molar-refractivity contribution in [3.63, 3.8) is 0 Å². The van der Waals surface area contributed by atoms with Gasteiger partial charge in [0.15, 0.2) is 0 Å². The summed E-state index contributed by atoms with van der Waals surface area (Å²) in [6, 6.07) is 12.3. The number of benzene rings is 2. The lowest BCUT2D eigenvalue weighted by Gasteiger charge is -2.08. The molecule has 2 N–H and O–H groups in total. The van der Waals surface area contributed by atoms with E-state index in [2.05, 4.69) is 17.2 Å². The number of nitrogens with one attached hydrogen (secondary N) is 1. The lowest BCUT2D eigenvalue weighted by molar-refractivity contribution is 0.102. The highest BCUT2D eigenvalue weighted by atomic mass is 35.5. The maximum absolute atomic E-state index is 12.3. The van der Waals surface area contributed by atoms with Gasteiger partial charge in [-0.05, 0) is 48.9 Å². The summed E-state index contributed by atoms with van der Waals surface area (Å²) < 4.78 is 0. The SMILES string of the molecule is Cc1ccc(C#CCO)cc1C(=O)Nc1ccc(Cl)cc1. The zero-order valence-electron chi connectivity index (χ0n) is 11.5. The van der Waals surface area contributed by atoms with E-state index < -0.39 is 0 Å². The van der Waals surface area contributed by atoms with Gasteiger partial charge in [-0.1, -0.05) is 29.5 Å². The van der Waals surface area contributed by atoms with E-state index in [4.69, 9.17) is 16.7 Å². The molecule has 0 aliphatic heterocycles. The number of halogens is 1. The summed E-state index contributed by atoms with van der Waals surface area (Å²) in [6.45, 7) is 1.65. The lowest BCUT2D eigenvalue weighted by Crippen LogP contribution is -2.13. The number of carbonyl (C=O) groups is 1. The average Bonchev–Trinajstić information content (AvgIpc) is 2.48. The summed E-state index contributed by atoms with van der Waals surface area (Å²) in [4.78, 5) is 12.3. The predicted molar refractivity (Wildman–Crippen MR) is 84.5 cm³/mol. The molecule has 2 aromatic rings. The molecule has 0 fully saturated rings. The number of amides is 1.